The zero-order valence-corrected chi connectivity index (χ0v) is 18.9. The lowest BCUT2D eigenvalue weighted by Gasteiger charge is -2.21. The van der Waals surface area contributed by atoms with E-state index < -0.39 is 29.3 Å². The van der Waals surface area contributed by atoms with Crippen molar-refractivity contribution >= 4 is 35.0 Å². The summed E-state index contributed by atoms with van der Waals surface area (Å²) >= 11 is 0. The number of hydrogen-bond acceptors (Lipinski definition) is 4. The van der Waals surface area contributed by atoms with Crippen LogP contribution in [0.1, 0.15) is 38.3 Å². The van der Waals surface area contributed by atoms with Gasteiger partial charge in [-0.05, 0) is 82.5 Å². The largest absolute Gasteiger partial charge is 0.444 e. The molecule has 2 N–H and O–H groups in total. The molecule has 2 aromatic rings. The van der Waals surface area contributed by atoms with Crippen molar-refractivity contribution in [2.75, 3.05) is 22.1 Å². The number of carbonyl (C=O) groups is 3. The maximum atomic E-state index is 13.8. The van der Waals surface area contributed by atoms with Crippen molar-refractivity contribution in [1.82, 2.24) is 0 Å². The van der Waals surface area contributed by atoms with E-state index in [4.69, 9.17) is 4.74 Å². The lowest BCUT2D eigenvalue weighted by Crippen LogP contribution is -2.33. The van der Waals surface area contributed by atoms with E-state index in [1.165, 1.54) is 6.07 Å². The molecule has 1 heterocycles. The second-order valence-corrected chi connectivity index (χ2v) is 8.91. The summed E-state index contributed by atoms with van der Waals surface area (Å²) in [6.45, 7) is 9.51. The van der Waals surface area contributed by atoms with Gasteiger partial charge in [0.1, 0.15) is 17.3 Å². The average molecular weight is 442 g/mol. The third-order valence-electron chi connectivity index (χ3n) is 5.20. The Morgan fingerprint density at radius 3 is 2.41 bits per heavy atom. The summed E-state index contributed by atoms with van der Waals surface area (Å²) in [5.74, 6) is -2.37. The summed E-state index contributed by atoms with van der Waals surface area (Å²) in [5, 5.41) is 5.10. The van der Waals surface area contributed by atoms with Crippen LogP contribution in [0.5, 0.6) is 0 Å². The van der Waals surface area contributed by atoms with Crippen LogP contribution in [0.4, 0.5) is 26.2 Å². The average Bonchev–Trinajstić information content (AvgIpc) is 3.06. The van der Waals surface area contributed by atoms with E-state index in [1.807, 2.05) is 32.0 Å². The van der Waals surface area contributed by atoms with E-state index >= 15 is 0 Å². The maximum Gasteiger partial charge on any atom is 0.412 e. The number of benzene rings is 2. The van der Waals surface area contributed by atoms with Crippen LogP contribution in [0.2, 0.25) is 0 Å². The lowest BCUT2D eigenvalue weighted by atomic mass is 10.1. The minimum absolute atomic E-state index is 0.0540. The molecule has 0 saturated carbocycles. The first kappa shape index (κ1) is 23.2. The number of rotatable bonds is 4. The van der Waals surface area contributed by atoms with Gasteiger partial charge in [-0.15, -0.1) is 0 Å². The van der Waals surface area contributed by atoms with Gasteiger partial charge < -0.3 is 15.0 Å². The molecule has 1 unspecified atom stereocenters. The van der Waals surface area contributed by atoms with E-state index in [1.54, 1.807) is 25.7 Å². The summed E-state index contributed by atoms with van der Waals surface area (Å²) in [6, 6.07) is 9.29. The normalized spacial score (nSPS) is 16.1. The Kier molecular flexibility index (Phi) is 6.52. The number of halogens is 1. The fourth-order valence-corrected chi connectivity index (χ4v) is 3.44. The predicted octanol–water partition coefficient (Wildman–Crippen LogP) is 4.78. The highest BCUT2D eigenvalue weighted by molar-refractivity contribution is 6.14. The molecule has 7 nitrogen and oxygen atoms in total. The molecule has 1 aliphatic heterocycles. The summed E-state index contributed by atoms with van der Waals surface area (Å²) in [5.41, 5.74) is 2.42. The van der Waals surface area contributed by atoms with Gasteiger partial charge in [-0.3, -0.25) is 14.9 Å². The first-order chi connectivity index (χ1) is 14.9. The Bertz CT molecular complexity index is 1060. The first-order valence-corrected chi connectivity index (χ1v) is 10.4. The molecular weight excluding hydrogens is 413 g/mol. The maximum absolute atomic E-state index is 13.8. The van der Waals surface area contributed by atoms with Gasteiger partial charge in [-0.2, -0.15) is 0 Å². The van der Waals surface area contributed by atoms with Gasteiger partial charge in [-0.1, -0.05) is 6.07 Å². The van der Waals surface area contributed by atoms with E-state index in [2.05, 4.69) is 10.6 Å². The molecule has 8 heteroatoms. The molecule has 1 fully saturated rings. The van der Waals surface area contributed by atoms with Crippen LogP contribution in [-0.2, 0) is 14.3 Å². The van der Waals surface area contributed by atoms with Crippen molar-refractivity contribution in [3.8, 4) is 0 Å². The number of ether oxygens (including phenoxy) is 1. The van der Waals surface area contributed by atoms with Gasteiger partial charge in [0.15, 0.2) is 0 Å². The van der Waals surface area contributed by atoms with Gasteiger partial charge in [0.2, 0.25) is 11.8 Å². The summed E-state index contributed by atoms with van der Waals surface area (Å²) < 4.78 is 19.1. The van der Waals surface area contributed by atoms with Crippen molar-refractivity contribution in [3.05, 3.63) is 53.3 Å². The molecule has 0 spiro atoms. The smallest absolute Gasteiger partial charge is 0.412 e. The molecule has 3 amide bonds. The third-order valence-corrected chi connectivity index (χ3v) is 5.20. The van der Waals surface area contributed by atoms with Crippen molar-refractivity contribution in [2.45, 2.75) is 46.6 Å². The number of nitrogens with zero attached hydrogens (tertiary/aromatic N) is 1. The quantitative estimate of drug-likeness (QED) is 0.669. The number of carbonyl (C=O) groups excluding carboxylic acids is 3. The first-order valence-electron chi connectivity index (χ1n) is 10.4. The second kappa shape index (κ2) is 8.98. The van der Waals surface area contributed by atoms with E-state index in [0.29, 0.717) is 13.0 Å². The number of amides is 3. The van der Waals surface area contributed by atoms with Crippen molar-refractivity contribution in [1.29, 1.82) is 0 Å². The second-order valence-electron chi connectivity index (χ2n) is 8.91. The standard InChI is InChI=1S/C24H28FN3O4/c1-14-6-8-17(12-15(14)2)28-11-10-18(22(28)30)21(29)26-20-13-16(25)7-9-19(20)27-23(31)32-24(3,4)5/h6-9,12-13,18H,10-11H2,1-5H3,(H,26,29)(H,27,31). The molecule has 0 bridgehead atoms. The SMILES string of the molecule is Cc1ccc(N2CCC(C(=O)Nc3cc(F)ccc3NC(=O)OC(C)(C)C)C2=O)cc1C. The Morgan fingerprint density at radius 2 is 1.75 bits per heavy atom. The molecule has 2 aromatic carbocycles. The molecule has 0 radical (unpaired) electrons. The summed E-state index contributed by atoms with van der Waals surface area (Å²) in [7, 11) is 0. The van der Waals surface area contributed by atoms with Crippen LogP contribution in [0.15, 0.2) is 36.4 Å². The fourth-order valence-electron chi connectivity index (χ4n) is 3.44. The van der Waals surface area contributed by atoms with E-state index in [9.17, 15) is 18.8 Å². The van der Waals surface area contributed by atoms with Crippen LogP contribution in [0, 0.1) is 25.6 Å². The zero-order valence-electron chi connectivity index (χ0n) is 18.9. The highest BCUT2D eigenvalue weighted by atomic mass is 19.1. The molecule has 1 saturated heterocycles. The molecule has 0 aromatic heterocycles. The van der Waals surface area contributed by atoms with Crippen LogP contribution < -0.4 is 15.5 Å². The van der Waals surface area contributed by atoms with Gasteiger partial charge in [0.25, 0.3) is 0 Å². The van der Waals surface area contributed by atoms with Gasteiger partial charge in [-0.25, -0.2) is 9.18 Å². The number of anilines is 3. The molecule has 0 aliphatic carbocycles. The van der Waals surface area contributed by atoms with Crippen molar-refractivity contribution in [3.63, 3.8) is 0 Å². The number of hydrogen-bond donors (Lipinski definition) is 2. The van der Waals surface area contributed by atoms with Crippen LogP contribution in [-0.4, -0.2) is 30.1 Å². The van der Waals surface area contributed by atoms with Crippen LogP contribution >= 0.6 is 0 Å². The topological polar surface area (TPSA) is 87.7 Å². The van der Waals surface area contributed by atoms with Gasteiger partial charge >= 0.3 is 6.09 Å². The minimum atomic E-state index is -0.908. The lowest BCUT2D eigenvalue weighted by molar-refractivity contribution is -0.129. The monoisotopic (exact) mass is 441 g/mol. The van der Waals surface area contributed by atoms with E-state index in [0.717, 1.165) is 28.9 Å². The van der Waals surface area contributed by atoms with Gasteiger partial charge in [0.05, 0.1) is 11.4 Å². The van der Waals surface area contributed by atoms with E-state index in [-0.39, 0.29) is 17.3 Å². The molecule has 1 aliphatic rings. The minimum Gasteiger partial charge on any atom is -0.444 e. The third kappa shape index (κ3) is 5.43. The zero-order chi connectivity index (χ0) is 23.6. The van der Waals surface area contributed by atoms with Crippen LogP contribution in [0.25, 0.3) is 0 Å². The highest BCUT2D eigenvalue weighted by Crippen LogP contribution is 2.29. The number of nitrogens with one attached hydrogen (secondary N) is 2. The molecule has 170 valence electrons. The predicted molar refractivity (Wildman–Crippen MR) is 121 cm³/mol. The molecule has 3 rings (SSSR count). The highest BCUT2D eigenvalue weighted by Gasteiger charge is 2.38. The molecule has 32 heavy (non-hydrogen) atoms. The molecule has 1 atom stereocenters. The fraction of sp³-hybridized carbons (Fsp3) is 0.375. The summed E-state index contributed by atoms with van der Waals surface area (Å²) in [4.78, 5) is 39.5. The van der Waals surface area contributed by atoms with Crippen LogP contribution in [0.3, 0.4) is 0 Å². The Balaban J connectivity index is 1.74. The summed E-state index contributed by atoms with van der Waals surface area (Å²) in [6.07, 6.45) is -0.403. The van der Waals surface area contributed by atoms with Crippen molar-refractivity contribution < 1.29 is 23.5 Å². The van der Waals surface area contributed by atoms with Gasteiger partial charge in [0, 0.05) is 12.2 Å². The Hall–Kier alpha value is -3.42. The Morgan fingerprint density at radius 1 is 1.03 bits per heavy atom. The number of aryl methyl sites for hydroxylation is 2. The molecular formula is C24H28FN3O4. The Labute approximate surface area is 186 Å². The van der Waals surface area contributed by atoms with Crippen molar-refractivity contribution in [2.24, 2.45) is 5.92 Å².